The first-order valence-corrected chi connectivity index (χ1v) is 7.08. The molecule has 1 aromatic rings. The number of hydrogen-bond donors (Lipinski definition) is 1. The number of halogens is 2. The molecule has 7 heteroatoms. The second kappa shape index (κ2) is 5.42. The quantitative estimate of drug-likeness (QED) is 0.743. The van der Waals surface area contributed by atoms with Crippen LogP contribution in [0.25, 0.3) is 0 Å². The highest BCUT2D eigenvalue weighted by molar-refractivity contribution is 9.11. The van der Waals surface area contributed by atoms with Crippen LogP contribution in [0.2, 0.25) is 0 Å². The Morgan fingerprint density at radius 3 is 2.42 bits per heavy atom. The van der Waals surface area contributed by atoms with Gasteiger partial charge in [0.15, 0.2) is 0 Å². The molecule has 0 aromatic heterocycles. The van der Waals surface area contributed by atoms with Crippen molar-refractivity contribution in [3.05, 3.63) is 32.7 Å². The van der Waals surface area contributed by atoms with E-state index in [-0.39, 0.29) is 12.5 Å². The molecule has 1 unspecified atom stereocenters. The van der Waals surface area contributed by atoms with Gasteiger partial charge in [-0.1, -0.05) is 31.9 Å². The summed E-state index contributed by atoms with van der Waals surface area (Å²) < 4.78 is 1.48. The molecule has 2 rings (SSSR count). The summed E-state index contributed by atoms with van der Waals surface area (Å²) in [5.74, 6) is -1.28. The molecule has 1 N–H and O–H groups in total. The molecule has 5 nitrogen and oxygen atoms in total. The van der Waals surface area contributed by atoms with Crippen LogP contribution < -0.4 is 5.32 Å². The summed E-state index contributed by atoms with van der Waals surface area (Å²) >= 11 is 6.59. The van der Waals surface area contributed by atoms with Gasteiger partial charge in [0.25, 0.3) is 5.91 Å². The average molecular weight is 390 g/mol. The van der Waals surface area contributed by atoms with Gasteiger partial charge in [-0.2, -0.15) is 0 Å². The van der Waals surface area contributed by atoms with E-state index in [0.717, 1.165) is 8.95 Å². The van der Waals surface area contributed by atoms with Crippen molar-refractivity contribution in [3.63, 3.8) is 0 Å². The van der Waals surface area contributed by atoms with Crippen LogP contribution >= 0.6 is 31.9 Å². The molecule has 0 saturated carbocycles. The molecule has 0 spiro atoms. The smallest absolute Gasteiger partial charge is 0.255 e. The molecule has 0 bridgehead atoms. The van der Waals surface area contributed by atoms with Crippen LogP contribution in [0.4, 0.5) is 0 Å². The van der Waals surface area contributed by atoms with E-state index in [1.807, 2.05) is 0 Å². The van der Waals surface area contributed by atoms with E-state index in [1.165, 1.54) is 4.90 Å². The third kappa shape index (κ3) is 3.03. The van der Waals surface area contributed by atoms with Crippen molar-refractivity contribution >= 4 is 49.6 Å². The molecule has 1 atom stereocenters. The van der Waals surface area contributed by atoms with Crippen LogP contribution in [0, 0.1) is 0 Å². The molecule has 1 aliphatic heterocycles. The summed E-state index contributed by atoms with van der Waals surface area (Å²) in [7, 11) is 0. The number of nitrogens with one attached hydrogen (secondary N) is 1. The summed E-state index contributed by atoms with van der Waals surface area (Å²) in [5, 5.41) is 2.20. The summed E-state index contributed by atoms with van der Waals surface area (Å²) in [5.41, 5.74) is 0.413. The number of imide groups is 1. The highest BCUT2D eigenvalue weighted by Crippen LogP contribution is 2.22. The van der Waals surface area contributed by atoms with E-state index >= 15 is 0 Å². The maximum atomic E-state index is 12.4. The summed E-state index contributed by atoms with van der Waals surface area (Å²) in [6.07, 6.45) is 0. The van der Waals surface area contributed by atoms with Gasteiger partial charge in [-0.05, 0) is 25.1 Å². The van der Waals surface area contributed by atoms with Gasteiger partial charge >= 0.3 is 0 Å². The Balaban J connectivity index is 2.32. The van der Waals surface area contributed by atoms with E-state index in [9.17, 15) is 14.4 Å². The molecule has 1 saturated heterocycles. The second-order valence-corrected chi connectivity index (χ2v) is 6.01. The summed E-state index contributed by atoms with van der Waals surface area (Å²) in [6.45, 7) is 1.47. The standard InChI is InChI=1S/C12H10Br2N2O3/c1-6-11(18)15-10(17)5-16(6)12(19)7-2-8(13)4-9(14)3-7/h2-4,6H,5H2,1H3,(H,15,17,18). The van der Waals surface area contributed by atoms with Gasteiger partial charge in [0.05, 0.1) is 0 Å². The molecular weight excluding hydrogens is 380 g/mol. The highest BCUT2D eigenvalue weighted by Gasteiger charge is 2.34. The third-order valence-corrected chi connectivity index (χ3v) is 3.71. The van der Waals surface area contributed by atoms with E-state index in [1.54, 1.807) is 25.1 Å². The van der Waals surface area contributed by atoms with E-state index in [4.69, 9.17) is 0 Å². The zero-order valence-corrected chi connectivity index (χ0v) is 13.1. The number of carbonyl (C=O) groups excluding carboxylic acids is 3. The van der Waals surface area contributed by atoms with Crippen LogP contribution in [0.1, 0.15) is 17.3 Å². The maximum Gasteiger partial charge on any atom is 0.255 e. The van der Waals surface area contributed by atoms with Crippen molar-refractivity contribution < 1.29 is 14.4 Å². The molecule has 19 heavy (non-hydrogen) atoms. The van der Waals surface area contributed by atoms with Gasteiger partial charge in [0.2, 0.25) is 11.8 Å². The number of amides is 3. The lowest BCUT2D eigenvalue weighted by atomic mass is 10.1. The van der Waals surface area contributed by atoms with E-state index in [0.29, 0.717) is 5.56 Å². The monoisotopic (exact) mass is 388 g/mol. The fraction of sp³-hybridized carbons (Fsp3) is 0.250. The molecule has 0 radical (unpaired) electrons. The van der Waals surface area contributed by atoms with Crippen molar-refractivity contribution in [3.8, 4) is 0 Å². The van der Waals surface area contributed by atoms with Crippen LogP contribution in [-0.2, 0) is 9.59 Å². The van der Waals surface area contributed by atoms with Gasteiger partial charge < -0.3 is 4.90 Å². The van der Waals surface area contributed by atoms with Gasteiger partial charge in [-0.3, -0.25) is 19.7 Å². The Bertz CT molecular complexity index is 554. The first-order chi connectivity index (χ1) is 8.88. The Hall–Kier alpha value is -1.21. The lowest BCUT2D eigenvalue weighted by Crippen LogP contribution is -2.58. The molecule has 1 heterocycles. The number of benzene rings is 1. The molecule has 100 valence electrons. The van der Waals surface area contributed by atoms with Gasteiger partial charge in [0, 0.05) is 14.5 Å². The van der Waals surface area contributed by atoms with Gasteiger partial charge in [-0.15, -0.1) is 0 Å². The first-order valence-electron chi connectivity index (χ1n) is 5.49. The Morgan fingerprint density at radius 1 is 1.26 bits per heavy atom. The Labute approximate surface area is 126 Å². The molecule has 1 aliphatic rings. The third-order valence-electron chi connectivity index (χ3n) is 2.79. The second-order valence-electron chi connectivity index (χ2n) is 4.18. The molecule has 0 aliphatic carbocycles. The Kier molecular flexibility index (Phi) is 4.05. The minimum Gasteiger partial charge on any atom is -0.318 e. The fourth-order valence-corrected chi connectivity index (χ4v) is 3.10. The van der Waals surface area contributed by atoms with Crippen molar-refractivity contribution in [1.29, 1.82) is 0 Å². The minimum atomic E-state index is -0.664. The average Bonchev–Trinajstić information content (AvgIpc) is 2.31. The lowest BCUT2D eigenvalue weighted by molar-refractivity contribution is -0.138. The first kappa shape index (κ1) is 14.2. The van der Waals surface area contributed by atoms with Crippen LogP contribution in [-0.4, -0.2) is 35.2 Å². The number of hydrogen-bond acceptors (Lipinski definition) is 3. The predicted octanol–water partition coefficient (Wildman–Crippen LogP) is 1.70. The molecule has 3 amide bonds. The van der Waals surface area contributed by atoms with Crippen LogP contribution in [0.15, 0.2) is 27.1 Å². The zero-order chi connectivity index (χ0) is 14.2. The minimum absolute atomic E-state index is 0.115. The maximum absolute atomic E-state index is 12.4. The van der Waals surface area contributed by atoms with Crippen LogP contribution in [0.3, 0.4) is 0 Å². The van der Waals surface area contributed by atoms with Gasteiger partial charge in [0.1, 0.15) is 12.6 Å². The largest absolute Gasteiger partial charge is 0.318 e. The normalized spacial score (nSPS) is 19.3. The topological polar surface area (TPSA) is 66.5 Å². The van der Waals surface area contributed by atoms with Crippen LogP contribution in [0.5, 0.6) is 0 Å². The van der Waals surface area contributed by atoms with E-state index < -0.39 is 17.9 Å². The number of piperazine rings is 1. The molecule has 1 fully saturated rings. The summed E-state index contributed by atoms with van der Waals surface area (Å²) in [6, 6.07) is 4.44. The summed E-state index contributed by atoms with van der Waals surface area (Å²) in [4.78, 5) is 36.5. The number of carbonyl (C=O) groups is 3. The number of rotatable bonds is 1. The van der Waals surface area contributed by atoms with Crippen molar-refractivity contribution in [2.24, 2.45) is 0 Å². The number of nitrogens with zero attached hydrogens (tertiary/aromatic N) is 1. The Morgan fingerprint density at radius 2 is 1.84 bits per heavy atom. The van der Waals surface area contributed by atoms with E-state index in [2.05, 4.69) is 37.2 Å². The predicted molar refractivity (Wildman–Crippen MR) is 75.5 cm³/mol. The van der Waals surface area contributed by atoms with Crippen molar-refractivity contribution in [2.75, 3.05) is 6.54 Å². The SMILES string of the molecule is CC1C(=O)NC(=O)CN1C(=O)c1cc(Br)cc(Br)c1. The molecular formula is C12H10Br2N2O3. The fourth-order valence-electron chi connectivity index (χ4n) is 1.81. The van der Waals surface area contributed by atoms with Gasteiger partial charge in [-0.25, -0.2) is 0 Å². The van der Waals surface area contributed by atoms with Crippen molar-refractivity contribution in [1.82, 2.24) is 10.2 Å². The van der Waals surface area contributed by atoms with Crippen molar-refractivity contribution in [2.45, 2.75) is 13.0 Å². The zero-order valence-electron chi connectivity index (χ0n) is 9.94. The highest BCUT2D eigenvalue weighted by atomic mass is 79.9. The lowest BCUT2D eigenvalue weighted by Gasteiger charge is -2.31. The molecule has 1 aromatic carbocycles.